The first-order valence-corrected chi connectivity index (χ1v) is 10.7. The Kier molecular flexibility index (Phi) is 6.27. The minimum absolute atomic E-state index is 0.122. The number of hydrogen-bond donors (Lipinski definition) is 1. The Morgan fingerprint density at radius 1 is 1.04 bits per heavy atom. The first-order valence-electron chi connectivity index (χ1n) is 10.7. The molecular weight excluding hydrogens is 352 g/mol. The van der Waals surface area contributed by atoms with Gasteiger partial charge in [-0.1, -0.05) is 37.2 Å². The molecule has 1 aromatic carbocycles. The van der Waals surface area contributed by atoms with Crippen LogP contribution in [0.3, 0.4) is 0 Å². The van der Waals surface area contributed by atoms with Crippen LogP contribution in [-0.4, -0.2) is 42.5 Å². The molecule has 6 nitrogen and oxygen atoms in total. The molecular formula is C22H32N4O2. The molecule has 0 bridgehead atoms. The highest BCUT2D eigenvalue weighted by atomic mass is 16.5. The molecule has 2 fully saturated rings. The average molecular weight is 385 g/mol. The van der Waals surface area contributed by atoms with E-state index in [0.29, 0.717) is 12.0 Å². The van der Waals surface area contributed by atoms with E-state index in [9.17, 15) is 0 Å². The fourth-order valence-electron chi connectivity index (χ4n) is 4.26. The summed E-state index contributed by atoms with van der Waals surface area (Å²) in [5.74, 6) is 2.32. The number of benzene rings is 1. The third kappa shape index (κ3) is 4.55. The monoisotopic (exact) mass is 384 g/mol. The Balaban J connectivity index is 1.42. The highest BCUT2D eigenvalue weighted by molar-refractivity contribution is 5.46. The van der Waals surface area contributed by atoms with Gasteiger partial charge in [-0.3, -0.25) is 0 Å². The fraction of sp³-hybridized carbons (Fsp3) is 0.636. The first kappa shape index (κ1) is 19.4. The van der Waals surface area contributed by atoms with E-state index in [1.165, 1.54) is 5.69 Å². The van der Waals surface area contributed by atoms with Gasteiger partial charge in [0.25, 0.3) is 0 Å². The summed E-state index contributed by atoms with van der Waals surface area (Å²) in [6, 6.07) is 11.3. The second-order valence-corrected chi connectivity index (χ2v) is 8.34. The number of rotatable bonds is 6. The maximum atomic E-state index is 5.70. The van der Waals surface area contributed by atoms with Gasteiger partial charge in [-0.15, -0.1) is 0 Å². The van der Waals surface area contributed by atoms with Crippen LogP contribution in [0.1, 0.15) is 63.2 Å². The number of para-hydroxylation sites is 1. The summed E-state index contributed by atoms with van der Waals surface area (Å²) < 4.78 is 11.3. The molecule has 0 amide bonds. The molecule has 3 heterocycles. The van der Waals surface area contributed by atoms with Gasteiger partial charge < -0.3 is 19.5 Å². The smallest absolute Gasteiger partial charge is 0.244 e. The van der Waals surface area contributed by atoms with E-state index in [0.717, 1.165) is 63.7 Å². The summed E-state index contributed by atoms with van der Waals surface area (Å²) in [6.45, 7) is 7.99. The van der Waals surface area contributed by atoms with Crippen LogP contribution in [-0.2, 0) is 4.74 Å². The summed E-state index contributed by atoms with van der Waals surface area (Å²) >= 11 is 0. The van der Waals surface area contributed by atoms with Crippen molar-refractivity contribution in [2.24, 2.45) is 5.92 Å². The second-order valence-electron chi connectivity index (χ2n) is 8.34. The molecule has 1 N–H and O–H groups in total. The third-order valence-corrected chi connectivity index (χ3v) is 6.01. The predicted molar refractivity (Wildman–Crippen MR) is 109 cm³/mol. The molecule has 2 saturated heterocycles. The zero-order valence-electron chi connectivity index (χ0n) is 17.0. The van der Waals surface area contributed by atoms with Crippen LogP contribution in [0.25, 0.3) is 0 Å². The lowest BCUT2D eigenvalue weighted by atomic mass is 9.90. The van der Waals surface area contributed by atoms with Gasteiger partial charge in [0.2, 0.25) is 5.89 Å². The van der Waals surface area contributed by atoms with Crippen LogP contribution >= 0.6 is 0 Å². The van der Waals surface area contributed by atoms with Crippen molar-refractivity contribution in [3.63, 3.8) is 0 Å². The quantitative estimate of drug-likeness (QED) is 0.814. The minimum Gasteiger partial charge on any atom is -0.381 e. The number of aromatic nitrogens is 2. The number of piperidine rings is 1. The SMILES string of the molecule is CC(C)c1noc([C@@H](NC2CCN(c3ccccc3)CC2)C2CCOCC2)n1. The molecule has 6 heteroatoms. The lowest BCUT2D eigenvalue weighted by Gasteiger charge is -2.37. The lowest BCUT2D eigenvalue weighted by molar-refractivity contribution is 0.0461. The second kappa shape index (κ2) is 9.05. The Morgan fingerprint density at radius 2 is 1.75 bits per heavy atom. The molecule has 28 heavy (non-hydrogen) atoms. The summed E-state index contributed by atoms with van der Waals surface area (Å²) in [5, 5.41) is 8.10. The molecule has 0 radical (unpaired) electrons. The Hall–Kier alpha value is -1.92. The molecule has 0 unspecified atom stereocenters. The van der Waals surface area contributed by atoms with E-state index in [1.807, 2.05) is 0 Å². The van der Waals surface area contributed by atoms with Crippen molar-refractivity contribution in [3.8, 4) is 0 Å². The number of anilines is 1. The van der Waals surface area contributed by atoms with Gasteiger partial charge in [-0.05, 0) is 43.7 Å². The zero-order valence-corrected chi connectivity index (χ0v) is 17.0. The standard InChI is InChI=1S/C22H32N4O2/c1-16(2)21-24-22(28-25-21)20(17-10-14-27-15-11-17)23-18-8-12-26(13-9-18)19-6-4-3-5-7-19/h3-7,16-18,20,23H,8-15H2,1-2H3/t20-/m0/s1. The van der Waals surface area contributed by atoms with Crippen LogP contribution in [0.4, 0.5) is 5.69 Å². The van der Waals surface area contributed by atoms with Crippen LogP contribution in [0.2, 0.25) is 0 Å². The van der Waals surface area contributed by atoms with E-state index in [4.69, 9.17) is 14.2 Å². The topological polar surface area (TPSA) is 63.4 Å². The van der Waals surface area contributed by atoms with Crippen molar-refractivity contribution in [2.75, 3.05) is 31.2 Å². The molecule has 4 rings (SSSR count). The van der Waals surface area contributed by atoms with Crippen molar-refractivity contribution in [1.82, 2.24) is 15.5 Å². The van der Waals surface area contributed by atoms with E-state index in [-0.39, 0.29) is 12.0 Å². The maximum absolute atomic E-state index is 5.70. The molecule has 1 aromatic heterocycles. The Bertz CT molecular complexity index is 719. The lowest BCUT2D eigenvalue weighted by Crippen LogP contribution is -2.46. The van der Waals surface area contributed by atoms with Gasteiger partial charge in [0, 0.05) is 44.0 Å². The molecule has 2 aliphatic heterocycles. The molecule has 0 spiro atoms. The molecule has 2 aromatic rings. The Morgan fingerprint density at radius 3 is 2.39 bits per heavy atom. The summed E-state index contributed by atoms with van der Waals surface area (Å²) in [6.07, 6.45) is 4.33. The molecule has 0 aliphatic carbocycles. The molecule has 1 atom stereocenters. The van der Waals surface area contributed by atoms with E-state index in [2.05, 4.69) is 59.6 Å². The van der Waals surface area contributed by atoms with Crippen molar-refractivity contribution >= 4 is 5.69 Å². The van der Waals surface area contributed by atoms with Crippen LogP contribution < -0.4 is 10.2 Å². The summed E-state index contributed by atoms with van der Waals surface area (Å²) in [4.78, 5) is 7.20. The van der Waals surface area contributed by atoms with Gasteiger partial charge in [0.1, 0.15) is 0 Å². The number of ether oxygens (including phenoxy) is 1. The van der Waals surface area contributed by atoms with Crippen LogP contribution in [0.15, 0.2) is 34.9 Å². The normalized spacial score (nSPS) is 20.6. The largest absolute Gasteiger partial charge is 0.381 e. The highest BCUT2D eigenvalue weighted by Crippen LogP contribution is 2.31. The minimum atomic E-state index is 0.122. The fourth-order valence-corrected chi connectivity index (χ4v) is 4.26. The van der Waals surface area contributed by atoms with Gasteiger partial charge in [0.15, 0.2) is 5.82 Å². The number of nitrogens with zero attached hydrogens (tertiary/aromatic N) is 3. The summed E-state index contributed by atoms with van der Waals surface area (Å²) in [5.41, 5.74) is 1.32. The van der Waals surface area contributed by atoms with Crippen LogP contribution in [0, 0.1) is 5.92 Å². The molecule has 152 valence electrons. The van der Waals surface area contributed by atoms with Crippen LogP contribution in [0.5, 0.6) is 0 Å². The van der Waals surface area contributed by atoms with E-state index < -0.39 is 0 Å². The molecule has 2 aliphatic rings. The average Bonchev–Trinajstić information content (AvgIpc) is 3.24. The summed E-state index contributed by atoms with van der Waals surface area (Å²) in [7, 11) is 0. The van der Waals surface area contributed by atoms with Gasteiger partial charge in [-0.2, -0.15) is 4.98 Å². The number of hydrogen-bond acceptors (Lipinski definition) is 6. The van der Waals surface area contributed by atoms with Crippen molar-refractivity contribution < 1.29 is 9.26 Å². The van der Waals surface area contributed by atoms with Gasteiger partial charge in [-0.25, -0.2) is 0 Å². The van der Waals surface area contributed by atoms with E-state index in [1.54, 1.807) is 0 Å². The van der Waals surface area contributed by atoms with Crippen molar-refractivity contribution in [2.45, 2.75) is 57.5 Å². The highest BCUT2D eigenvalue weighted by Gasteiger charge is 2.33. The van der Waals surface area contributed by atoms with Gasteiger partial charge >= 0.3 is 0 Å². The maximum Gasteiger partial charge on any atom is 0.244 e. The Labute approximate surface area is 167 Å². The van der Waals surface area contributed by atoms with Crippen molar-refractivity contribution in [3.05, 3.63) is 42.0 Å². The number of nitrogens with one attached hydrogen (secondary N) is 1. The van der Waals surface area contributed by atoms with Crippen molar-refractivity contribution in [1.29, 1.82) is 0 Å². The van der Waals surface area contributed by atoms with Gasteiger partial charge in [0.05, 0.1) is 6.04 Å². The zero-order chi connectivity index (χ0) is 19.3. The third-order valence-electron chi connectivity index (χ3n) is 6.01. The first-order chi connectivity index (χ1) is 13.7. The molecule has 0 saturated carbocycles. The van der Waals surface area contributed by atoms with E-state index >= 15 is 0 Å². The predicted octanol–water partition coefficient (Wildman–Crippen LogP) is 3.92.